The molecule has 3 aromatic heterocycles. The van der Waals surface area contributed by atoms with Crippen molar-refractivity contribution in [1.82, 2.24) is 24.5 Å². The maximum absolute atomic E-state index is 14.3. The maximum Gasteiger partial charge on any atom is 0.266 e. The van der Waals surface area contributed by atoms with Gasteiger partial charge in [-0.1, -0.05) is 48.5 Å². The molecular weight excluding hydrogens is 488 g/mol. The Balaban J connectivity index is 1.58. The fraction of sp³-hybridized carbons (Fsp3) is 0.0667. The molecule has 1 atom stereocenters. The second-order valence-corrected chi connectivity index (χ2v) is 9.03. The van der Waals surface area contributed by atoms with E-state index in [0.29, 0.717) is 22.4 Å². The van der Waals surface area contributed by atoms with Gasteiger partial charge in [0.05, 0.1) is 34.3 Å². The number of nitrogen functional groups attached to an aromatic ring is 1. The van der Waals surface area contributed by atoms with Crippen LogP contribution in [0, 0.1) is 11.3 Å². The molecule has 0 aliphatic rings. The van der Waals surface area contributed by atoms with Crippen LogP contribution >= 0.6 is 0 Å². The van der Waals surface area contributed by atoms with Crippen LogP contribution in [0.5, 0.6) is 0 Å². The Hall–Kier alpha value is -5.62. The lowest BCUT2D eigenvalue weighted by Crippen LogP contribution is -2.28. The number of anilines is 2. The van der Waals surface area contributed by atoms with Crippen LogP contribution in [-0.4, -0.2) is 24.5 Å². The van der Waals surface area contributed by atoms with Gasteiger partial charge in [0.2, 0.25) is 5.95 Å². The van der Waals surface area contributed by atoms with Crippen LogP contribution in [0.25, 0.3) is 38.6 Å². The summed E-state index contributed by atoms with van der Waals surface area (Å²) in [6.45, 7) is 1.85. The van der Waals surface area contributed by atoms with Crippen LogP contribution in [0.3, 0.4) is 0 Å². The molecule has 0 fully saturated rings. The van der Waals surface area contributed by atoms with Crippen molar-refractivity contribution in [3.8, 4) is 22.9 Å². The van der Waals surface area contributed by atoms with Crippen molar-refractivity contribution >= 4 is 33.6 Å². The standard InChI is InChI=1S/C30H22N8O/c1-18(35-27-21(15-31)17-34-30(32)37-27)28-36-25-13-7-11-23(20-14-19-8-5-6-12-24(19)33-16-20)26(25)29(39)38(28)22-9-3-2-4-10-22/h2-14,16-18H,1H3,(H3,32,34,35,37). The van der Waals surface area contributed by atoms with Crippen LogP contribution in [0.2, 0.25) is 0 Å². The third kappa shape index (κ3) is 4.30. The first-order valence-corrected chi connectivity index (χ1v) is 12.3. The van der Waals surface area contributed by atoms with E-state index in [0.717, 1.165) is 22.0 Å². The van der Waals surface area contributed by atoms with Crippen molar-refractivity contribution < 1.29 is 0 Å². The third-order valence-electron chi connectivity index (χ3n) is 6.51. The molecule has 39 heavy (non-hydrogen) atoms. The van der Waals surface area contributed by atoms with Gasteiger partial charge in [0.15, 0.2) is 0 Å². The molecule has 0 radical (unpaired) electrons. The van der Waals surface area contributed by atoms with E-state index in [1.165, 1.54) is 6.20 Å². The number of benzene rings is 3. The second kappa shape index (κ2) is 9.68. The topological polar surface area (TPSA) is 135 Å². The number of hydrogen-bond acceptors (Lipinski definition) is 8. The Morgan fingerprint density at radius 2 is 1.69 bits per heavy atom. The summed E-state index contributed by atoms with van der Waals surface area (Å²) < 4.78 is 1.59. The molecule has 3 N–H and O–H groups in total. The Morgan fingerprint density at radius 3 is 2.51 bits per heavy atom. The highest BCUT2D eigenvalue weighted by Gasteiger charge is 2.21. The van der Waals surface area contributed by atoms with E-state index in [1.807, 2.05) is 85.8 Å². The Labute approximate surface area is 223 Å². The second-order valence-electron chi connectivity index (χ2n) is 9.03. The lowest BCUT2D eigenvalue weighted by molar-refractivity contribution is 0.731. The van der Waals surface area contributed by atoms with Crippen molar-refractivity contribution in [2.45, 2.75) is 13.0 Å². The summed E-state index contributed by atoms with van der Waals surface area (Å²) in [5, 5.41) is 14.2. The number of fused-ring (bicyclic) bond motifs is 2. The summed E-state index contributed by atoms with van der Waals surface area (Å²) in [4.78, 5) is 32.0. The van der Waals surface area contributed by atoms with Gasteiger partial charge in [-0.25, -0.2) is 9.97 Å². The third-order valence-corrected chi connectivity index (χ3v) is 6.51. The van der Waals surface area contributed by atoms with Crippen molar-refractivity contribution in [3.63, 3.8) is 0 Å². The molecule has 0 saturated carbocycles. The minimum Gasteiger partial charge on any atom is -0.368 e. The molecule has 0 aliphatic carbocycles. The average molecular weight is 511 g/mol. The number of nitrogens with zero attached hydrogens (tertiary/aromatic N) is 6. The predicted octanol–water partition coefficient (Wildman–Crippen LogP) is 5.02. The molecule has 0 amide bonds. The van der Waals surface area contributed by atoms with Crippen molar-refractivity contribution in [2.24, 2.45) is 0 Å². The number of para-hydroxylation sites is 2. The van der Waals surface area contributed by atoms with Crippen LogP contribution < -0.4 is 16.6 Å². The molecule has 0 spiro atoms. The monoisotopic (exact) mass is 510 g/mol. The van der Waals surface area contributed by atoms with E-state index in [1.54, 1.807) is 10.8 Å². The Bertz CT molecular complexity index is 1960. The molecule has 6 aromatic rings. The van der Waals surface area contributed by atoms with Crippen molar-refractivity contribution in [2.75, 3.05) is 11.1 Å². The van der Waals surface area contributed by atoms with Crippen LogP contribution in [-0.2, 0) is 0 Å². The van der Waals surface area contributed by atoms with E-state index in [4.69, 9.17) is 10.7 Å². The number of pyridine rings is 1. The number of rotatable bonds is 5. The van der Waals surface area contributed by atoms with Gasteiger partial charge >= 0.3 is 0 Å². The summed E-state index contributed by atoms with van der Waals surface area (Å²) in [6, 6.07) is 26.4. The van der Waals surface area contributed by atoms with Crippen LogP contribution in [0.1, 0.15) is 24.4 Å². The molecular formula is C30H22N8O. The highest BCUT2D eigenvalue weighted by Crippen LogP contribution is 2.30. The van der Waals surface area contributed by atoms with E-state index >= 15 is 0 Å². The van der Waals surface area contributed by atoms with E-state index in [-0.39, 0.29) is 22.9 Å². The zero-order chi connectivity index (χ0) is 26.9. The summed E-state index contributed by atoms with van der Waals surface area (Å²) in [5.74, 6) is 0.750. The molecule has 188 valence electrons. The van der Waals surface area contributed by atoms with E-state index in [9.17, 15) is 10.1 Å². The fourth-order valence-electron chi connectivity index (χ4n) is 4.68. The van der Waals surface area contributed by atoms with Crippen LogP contribution in [0.4, 0.5) is 11.8 Å². The highest BCUT2D eigenvalue weighted by molar-refractivity contribution is 5.96. The normalized spacial score (nSPS) is 11.8. The molecule has 0 bridgehead atoms. The summed E-state index contributed by atoms with van der Waals surface area (Å²) in [6.07, 6.45) is 3.14. The van der Waals surface area contributed by atoms with E-state index < -0.39 is 6.04 Å². The Kier molecular flexibility index (Phi) is 5.90. The zero-order valence-electron chi connectivity index (χ0n) is 20.9. The first kappa shape index (κ1) is 23.8. The van der Waals surface area contributed by atoms with Crippen LogP contribution in [0.15, 0.2) is 96.1 Å². The summed E-state index contributed by atoms with van der Waals surface area (Å²) >= 11 is 0. The number of hydrogen-bond donors (Lipinski definition) is 2. The zero-order valence-corrected chi connectivity index (χ0v) is 20.9. The smallest absolute Gasteiger partial charge is 0.266 e. The van der Waals surface area contributed by atoms with Gasteiger partial charge in [0, 0.05) is 17.1 Å². The molecule has 3 aromatic carbocycles. The largest absolute Gasteiger partial charge is 0.368 e. The minimum atomic E-state index is -0.519. The quantitative estimate of drug-likeness (QED) is 0.330. The van der Waals surface area contributed by atoms with Gasteiger partial charge in [-0.2, -0.15) is 10.2 Å². The first-order chi connectivity index (χ1) is 19.0. The lowest BCUT2D eigenvalue weighted by atomic mass is 10.0. The Morgan fingerprint density at radius 1 is 0.923 bits per heavy atom. The van der Waals surface area contributed by atoms with Gasteiger partial charge in [-0.05, 0) is 42.8 Å². The summed E-state index contributed by atoms with van der Waals surface area (Å²) in [7, 11) is 0. The van der Waals surface area contributed by atoms with Crippen molar-refractivity contribution in [3.05, 3.63) is 113 Å². The van der Waals surface area contributed by atoms with Crippen molar-refractivity contribution in [1.29, 1.82) is 5.26 Å². The minimum absolute atomic E-state index is 0.0317. The molecule has 3 heterocycles. The molecule has 9 heteroatoms. The predicted molar refractivity (Wildman–Crippen MR) is 151 cm³/mol. The molecule has 0 aliphatic heterocycles. The molecule has 9 nitrogen and oxygen atoms in total. The SMILES string of the molecule is CC(Nc1nc(N)ncc1C#N)c1nc2cccc(-c3cnc4ccccc4c3)c2c(=O)n1-c1ccccc1. The lowest BCUT2D eigenvalue weighted by Gasteiger charge is -2.21. The summed E-state index contributed by atoms with van der Waals surface area (Å²) in [5.41, 5.74) is 9.45. The molecule has 6 rings (SSSR count). The number of nitrogens with one attached hydrogen (secondary N) is 1. The van der Waals surface area contributed by atoms with Gasteiger partial charge in [-0.15, -0.1) is 0 Å². The van der Waals surface area contributed by atoms with Gasteiger partial charge in [0.1, 0.15) is 23.3 Å². The molecule has 1 unspecified atom stereocenters. The number of aromatic nitrogens is 5. The number of nitrogens with two attached hydrogens (primary N) is 1. The number of nitriles is 1. The maximum atomic E-state index is 14.3. The fourth-order valence-corrected chi connectivity index (χ4v) is 4.68. The van der Waals surface area contributed by atoms with Gasteiger partial charge in [-0.3, -0.25) is 14.3 Å². The van der Waals surface area contributed by atoms with Gasteiger partial charge in [0.25, 0.3) is 5.56 Å². The first-order valence-electron chi connectivity index (χ1n) is 12.3. The average Bonchev–Trinajstić information content (AvgIpc) is 2.97. The van der Waals surface area contributed by atoms with Gasteiger partial charge < -0.3 is 11.1 Å². The van der Waals surface area contributed by atoms with E-state index in [2.05, 4.69) is 26.3 Å². The molecule has 0 saturated heterocycles. The highest BCUT2D eigenvalue weighted by atomic mass is 16.1.